The Balaban J connectivity index is 1.32. The molecule has 8 nitrogen and oxygen atoms in total. The Kier molecular flexibility index (Phi) is 6.38. The maximum Gasteiger partial charge on any atom is 0.260 e. The van der Waals surface area contributed by atoms with Gasteiger partial charge >= 0.3 is 0 Å². The summed E-state index contributed by atoms with van der Waals surface area (Å²) in [6.45, 7) is 4.07. The molecule has 0 spiro atoms. The molecule has 0 saturated carbocycles. The molecule has 1 amide bonds. The first-order valence-electron chi connectivity index (χ1n) is 11.6. The summed E-state index contributed by atoms with van der Waals surface area (Å²) in [5.41, 5.74) is 3.92. The third-order valence-electron chi connectivity index (χ3n) is 6.16. The van der Waals surface area contributed by atoms with E-state index in [1.54, 1.807) is 6.20 Å². The van der Waals surface area contributed by atoms with Gasteiger partial charge in [-0.05, 0) is 43.5 Å². The predicted octanol–water partition coefficient (Wildman–Crippen LogP) is 3.83. The summed E-state index contributed by atoms with van der Waals surface area (Å²) >= 11 is 0. The number of pyridine rings is 1. The summed E-state index contributed by atoms with van der Waals surface area (Å²) in [5.74, 6) is 1.75. The van der Waals surface area contributed by atoms with E-state index in [4.69, 9.17) is 9.72 Å². The number of hydrogen-bond acceptors (Lipinski definition) is 6. The van der Waals surface area contributed by atoms with Crippen LogP contribution < -0.4 is 10.1 Å². The van der Waals surface area contributed by atoms with Crippen molar-refractivity contribution in [1.82, 2.24) is 24.5 Å². The second-order valence-electron chi connectivity index (χ2n) is 8.62. The molecule has 1 fully saturated rings. The largest absolute Gasteiger partial charge is 0.484 e. The number of fused-ring (bicyclic) bond motifs is 1. The van der Waals surface area contributed by atoms with E-state index >= 15 is 0 Å². The summed E-state index contributed by atoms with van der Waals surface area (Å²) < 4.78 is 7.53. The lowest BCUT2D eigenvalue weighted by Gasteiger charge is -2.32. The smallest absolute Gasteiger partial charge is 0.260 e. The second-order valence-corrected chi connectivity index (χ2v) is 8.62. The summed E-state index contributed by atoms with van der Waals surface area (Å²) in [5, 5.41) is 8.00. The molecule has 1 aliphatic heterocycles. The van der Waals surface area contributed by atoms with Crippen molar-refractivity contribution < 1.29 is 9.53 Å². The molecule has 0 radical (unpaired) electrons. The number of amides is 1. The highest BCUT2D eigenvalue weighted by Crippen LogP contribution is 2.29. The van der Waals surface area contributed by atoms with Crippen LogP contribution >= 0.6 is 0 Å². The Bertz CT molecular complexity index is 1260. The molecule has 0 aliphatic carbocycles. The van der Waals surface area contributed by atoms with Gasteiger partial charge in [0.15, 0.2) is 12.3 Å². The van der Waals surface area contributed by atoms with Crippen LogP contribution in [-0.4, -0.2) is 50.1 Å². The Morgan fingerprint density at radius 2 is 2.06 bits per heavy atom. The standard InChI is InChI=1S/C26H28N6O2/c1-19-14-29-32-24(28-16-20-7-5-11-27-15-20)13-23(30-26(19)32)21-8-6-12-31(17-21)25(33)18-34-22-9-3-2-4-10-22/h2-5,7,9-11,13-15,21,28H,6,8,12,16-18H2,1H3. The number of likely N-dealkylation sites (tertiary alicyclic amines) is 1. The van der Waals surface area contributed by atoms with E-state index in [-0.39, 0.29) is 18.4 Å². The average molecular weight is 457 g/mol. The fourth-order valence-corrected chi connectivity index (χ4v) is 4.32. The maximum absolute atomic E-state index is 12.8. The number of carbonyl (C=O) groups is 1. The first-order chi connectivity index (χ1) is 16.7. The van der Waals surface area contributed by atoms with Gasteiger partial charge in [-0.1, -0.05) is 24.3 Å². The highest BCUT2D eigenvalue weighted by Gasteiger charge is 2.27. The highest BCUT2D eigenvalue weighted by atomic mass is 16.5. The quantitative estimate of drug-likeness (QED) is 0.455. The molecule has 4 heterocycles. The molecule has 1 saturated heterocycles. The van der Waals surface area contributed by atoms with E-state index in [2.05, 4.69) is 21.5 Å². The highest BCUT2D eigenvalue weighted by molar-refractivity contribution is 5.78. The van der Waals surface area contributed by atoms with Crippen LogP contribution in [0.25, 0.3) is 5.65 Å². The third-order valence-corrected chi connectivity index (χ3v) is 6.16. The topological polar surface area (TPSA) is 84.7 Å². The molecular weight excluding hydrogens is 428 g/mol. The Labute approximate surface area is 198 Å². The van der Waals surface area contributed by atoms with E-state index in [0.717, 1.165) is 47.7 Å². The van der Waals surface area contributed by atoms with Crippen molar-refractivity contribution in [3.05, 3.63) is 83.9 Å². The van der Waals surface area contributed by atoms with Gasteiger partial charge in [0, 0.05) is 49.6 Å². The van der Waals surface area contributed by atoms with E-state index in [9.17, 15) is 4.79 Å². The molecule has 174 valence electrons. The zero-order valence-electron chi connectivity index (χ0n) is 19.2. The number of aromatic nitrogens is 4. The summed E-state index contributed by atoms with van der Waals surface area (Å²) in [6.07, 6.45) is 7.37. The van der Waals surface area contributed by atoms with E-state index < -0.39 is 0 Å². The van der Waals surface area contributed by atoms with Crippen LogP contribution in [0.3, 0.4) is 0 Å². The molecule has 4 aromatic rings. The number of nitrogens with one attached hydrogen (secondary N) is 1. The van der Waals surface area contributed by atoms with Gasteiger partial charge < -0.3 is 15.0 Å². The number of anilines is 1. The number of benzene rings is 1. The van der Waals surface area contributed by atoms with Gasteiger partial charge in [0.2, 0.25) is 0 Å². The normalized spacial score (nSPS) is 15.9. The van der Waals surface area contributed by atoms with Gasteiger partial charge in [-0.25, -0.2) is 4.98 Å². The first-order valence-corrected chi connectivity index (χ1v) is 11.6. The number of piperidine rings is 1. The molecule has 1 N–H and O–H groups in total. The van der Waals surface area contributed by atoms with Gasteiger partial charge in [-0.3, -0.25) is 9.78 Å². The van der Waals surface area contributed by atoms with Crippen molar-refractivity contribution in [3.8, 4) is 5.75 Å². The van der Waals surface area contributed by atoms with Crippen molar-refractivity contribution in [2.45, 2.75) is 32.2 Å². The maximum atomic E-state index is 12.8. The SMILES string of the molecule is Cc1cnn2c(NCc3cccnc3)cc(C3CCCN(C(=O)COc4ccccc4)C3)nc12. The molecular formula is C26H28N6O2. The van der Waals surface area contributed by atoms with E-state index in [0.29, 0.717) is 18.8 Å². The number of carbonyl (C=O) groups excluding carboxylic acids is 1. The van der Waals surface area contributed by atoms with Gasteiger partial charge in [0.25, 0.3) is 5.91 Å². The molecule has 0 bridgehead atoms. The van der Waals surface area contributed by atoms with Crippen LogP contribution in [0.5, 0.6) is 5.75 Å². The van der Waals surface area contributed by atoms with Crippen molar-refractivity contribution in [2.24, 2.45) is 0 Å². The van der Waals surface area contributed by atoms with Crippen LogP contribution in [0.1, 0.15) is 35.6 Å². The summed E-state index contributed by atoms with van der Waals surface area (Å²) in [6, 6.07) is 15.5. The lowest BCUT2D eigenvalue weighted by Crippen LogP contribution is -2.41. The summed E-state index contributed by atoms with van der Waals surface area (Å²) in [7, 11) is 0. The Hall–Kier alpha value is -3.94. The van der Waals surface area contributed by atoms with Crippen LogP contribution in [0, 0.1) is 6.92 Å². The third kappa shape index (κ3) is 4.85. The second kappa shape index (κ2) is 9.91. The number of para-hydroxylation sites is 1. The number of nitrogens with zero attached hydrogens (tertiary/aromatic N) is 5. The number of aryl methyl sites for hydroxylation is 1. The zero-order chi connectivity index (χ0) is 23.3. The molecule has 3 aromatic heterocycles. The molecule has 1 aliphatic rings. The molecule has 1 atom stereocenters. The predicted molar refractivity (Wildman–Crippen MR) is 130 cm³/mol. The number of ether oxygens (including phenoxy) is 1. The first kappa shape index (κ1) is 21.9. The van der Waals surface area contributed by atoms with Gasteiger partial charge in [0.05, 0.1) is 11.9 Å². The molecule has 1 unspecified atom stereocenters. The lowest BCUT2D eigenvalue weighted by molar-refractivity contribution is -0.134. The van der Waals surface area contributed by atoms with Crippen LogP contribution in [0.15, 0.2) is 67.1 Å². The lowest BCUT2D eigenvalue weighted by atomic mass is 9.94. The fraction of sp³-hybridized carbons (Fsp3) is 0.308. The molecule has 5 rings (SSSR count). The van der Waals surface area contributed by atoms with Crippen molar-refractivity contribution in [2.75, 3.05) is 25.0 Å². The minimum atomic E-state index is 0.00471. The Morgan fingerprint density at radius 1 is 1.18 bits per heavy atom. The van der Waals surface area contributed by atoms with E-state index in [1.807, 2.05) is 71.2 Å². The number of rotatable bonds is 7. The van der Waals surface area contributed by atoms with Crippen LogP contribution in [0.2, 0.25) is 0 Å². The molecule has 8 heteroatoms. The van der Waals surface area contributed by atoms with Gasteiger partial charge in [0.1, 0.15) is 11.6 Å². The number of hydrogen-bond donors (Lipinski definition) is 1. The Morgan fingerprint density at radius 3 is 2.88 bits per heavy atom. The van der Waals surface area contributed by atoms with Gasteiger partial charge in [-0.2, -0.15) is 9.61 Å². The van der Waals surface area contributed by atoms with Crippen molar-refractivity contribution in [3.63, 3.8) is 0 Å². The molecule has 34 heavy (non-hydrogen) atoms. The average Bonchev–Trinajstić information content (AvgIpc) is 3.28. The fourth-order valence-electron chi connectivity index (χ4n) is 4.32. The zero-order valence-corrected chi connectivity index (χ0v) is 19.2. The molecule has 1 aromatic carbocycles. The van der Waals surface area contributed by atoms with Crippen molar-refractivity contribution in [1.29, 1.82) is 0 Å². The van der Waals surface area contributed by atoms with Crippen LogP contribution in [0.4, 0.5) is 5.82 Å². The van der Waals surface area contributed by atoms with Crippen molar-refractivity contribution >= 4 is 17.4 Å². The van der Waals surface area contributed by atoms with E-state index in [1.165, 1.54) is 0 Å². The van der Waals surface area contributed by atoms with Crippen LogP contribution in [-0.2, 0) is 11.3 Å². The minimum absolute atomic E-state index is 0.00471. The van der Waals surface area contributed by atoms with Gasteiger partial charge in [-0.15, -0.1) is 0 Å². The minimum Gasteiger partial charge on any atom is -0.484 e. The monoisotopic (exact) mass is 456 g/mol. The summed E-state index contributed by atoms with van der Waals surface area (Å²) in [4.78, 5) is 23.9.